The van der Waals surface area contributed by atoms with Gasteiger partial charge in [-0.15, -0.1) is 0 Å². The van der Waals surface area contributed by atoms with Gasteiger partial charge in [-0.25, -0.2) is 0 Å². The average molecular weight is 252 g/mol. The first-order valence-corrected chi connectivity index (χ1v) is 5.93. The summed E-state index contributed by atoms with van der Waals surface area (Å²) in [5.41, 5.74) is 1.00. The van der Waals surface area contributed by atoms with E-state index in [-0.39, 0.29) is 17.6 Å². The molecule has 0 saturated carbocycles. The standard InChI is InChI=1S/C13H20N2O3/c1-8(6-10(16)17)11(18)9-7-15(5)14-12(9)13(2,3)4/h7-8H,6H2,1-5H3,(H,16,17). The predicted octanol–water partition coefficient (Wildman–Crippen LogP) is 2.01. The van der Waals surface area contributed by atoms with Gasteiger partial charge in [0.05, 0.1) is 17.7 Å². The van der Waals surface area contributed by atoms with Crippen LogP contribution in [0.2, 0.25) is 0 Å². The number of aromatic nitrogens is 2. The Morgan fingerprint density at radius 2 is 2.00 bits per heavy atom. The molecule has 0 amide bonds. The van der Waals surface area contributed by atoms with Gasteiger partial charge in [-0.1, -0.05) is 27.7 Å². The van der Waals surface area contributed by atoms with Crippen LogP contribution in [0.3, 0.4) is 0 Å². The monoisotopic (exact) mass is 252 g/mol. The lowest BCUT2D eigenvalue weighted by Gasteiger charge is -2.18. The minimum absolute atomic E-state index is 0.155. The van der Waals surface area contributed by atoms with Gasteiger partial charge < -0.3 is 5.11 Å². The Morgan fingerprint density at radius 3 is 2.44 bits per heavy atom. The minimum Gasteiger partial charge on any atom is -0.481 e. The highest BCUT2D eigenvalue weighted by Crippen LogP contribution is 2.26. The number of carboxylic acid groups (broad SMARTS) is 1. The molecule has 0 spiro atoms. The van der Waals surface area contributed by atoms with Crippen LogP contribution in [0.1, 0.15) is 50.2 Å². The topological polar surface area (TPSA) is 72.2 Å². The number of carbonyl (C=O) groups is 2. The Balaban J connectivity index is 3.10. The SMILES string of the molecule is CC(CC(=O)O)C(=O)c1cn(C)nc1C(C)(C)C. The number of hydrogen-bond acceptors (Lipinski definition) is 3. The predicted molar refractivity (Wildman–Crippen MR) is 67.7 cm³/mol. The van der Waals surface area contributed by atoms with E-state index in [0.29, 0.717) is 11.3 Å². The fourth-order valence-corrected chi connectivity index (χ4v) is 1.84. The highest BCUT2D eigenvalue weighted by Gasteiger charge is 2.28. The van der Waals surface area contributed by atoms with E-state index in [0.717, 1.165) is 0 Å². The lowest BCUT2D eigenvalue weighted by Crippen LogP contribution is -2.21. The molecule has 0 bridgehead atoms. The van der Waals surface area contributed by atoms with Crippen LogP contribution in [0.15, 0.2) is 6.20 Å². The third-order valence-electron chi connectivity index (χ3n) is 2.73. The van der Waals surface area contributed by atoms with Crippen molar-refractivity contribution in [2.75, 3.05) is 0 Å². The number of hydrogen-bond donors (Lipinski definition) is 1. The van der Waals surface area contributed by atoms with Gasteiger partial charge in [0.2, 0.25) is 0 Å². The molecule has 100 valence electrons. The molecule has 1 aromatic rings. The van der Waals surface area contributed by atoms with Crippen molar-refractivity contribution in [3.05, 3.63) is 17.5 Å². The van der Waals surface area contributed by atoms with Gasteiger partial charge in [0.15, 0.2) is 5.78 Å². The van der Waals surface area contributed by atoms with Gasteiger partial charge in [-0.2, -0.15) is 5.10 Å². The quantitative estimate of drug-likeness (QED) is 0.832. The molecular weight excluding hydrogens is 232 g/mol. The van der Waals surface area contributed by atoms with Gasteiger partial charge >= 0.3 is 5.97 Å². The Morgan fingerprint density at radius 1 is 1.44 bits per heavy atom. The van der Waals surface area contributed by atoms with Crippen molar-refractivity contribution < 1.29 is 14.7 Å². The van der Waals surface area contributed by atoms with Crippen LogP contribution < -0.4 is 0 Å². The highest BCUT2D eigenvalue weighted by molar-refractivity contribution is 6.00. The molecule has 0 fully saturated rings. The van der Waals surface area contributed by atoms with E-state index in [1.807, 2.05) is 20.8 Å². The van der Waals surface area contributed by atoms with Gasteiger partial charge in [-0.3, -0.25) is 14.3 Å². The van der Waals surface area contributed by atoms with Gasteiger partial charge in [0, 0.05) is 24.6 Å². The number of rotatable bonds is 4. The number of nitrogens with zero attached hydrogens (tertiary/aromatic N) is 2. The lowest BCUT2D eigenvalue weighted by molar-refractivity contribution is -0.137. The largest absolute Gasteiger partial charge is 0.481 e. The van der Waals surface area contributed by atoms with Gasteiger partial charge in [0.25, 0.3) is 0 Å². The fraction of sp³-hybridized carbons (Fsp3) is 0.615. The van der Waals surface area contributed by atoms with Crippen molar-refractivity contribution in [1.82, 2.24) is 9.78 Å². The van der Waals surface area contributed by atoms with Crippen LogP contribution in [0, 0.1) is 5.92 Å². The van der Waals surface area contributed by atoms with E-state index in [2.05, 4.69) is 5.10 Å². The Bertz CT molecular complexity index is 469. The third kappa shape index (κ3) is 3.18. The second-order valence-corrected chi connectivity index (χ2v) is 5.68. The number of ketones is 1. The first kappa shape index (κ1) is 14.4. The average Bonchev–Trinajstić information content (AvgIpc) is 2.57. The third-order valence-corrected chi connectivity index (χ3v) is 2.73. The molecule has 0 aromatic carbocycles. The van der Waals surface area contributed by atoms with E-state index in [9.17, 15) is 9.59 Å². The number of carboxylic acids is 1. The molecule has 5 heteroatoms. The summed E-state index contributed by atoms with van der Waals surface area (Å²) in [6.07, 6.45) is 1.51. The highest BCUT2D eigenvalue weighted by atomic mass is 16.4. The molecule has 0 aliphatic heterocycles. The van der Waals surface area contributed by atoms with Crippen molar-refractivity contribution in [1.29, 1.82) is 0 Å². The summed E-state index contributed by atoms with van der Waals surface area (Å²) >= 11 is 0. The van der Waals surface area contributed by atoms with Crippen LogP contribution in [-0.4, -0.2) is 26.6 Å². The molecule has 1 atom stereocenters. The molecule has 1 heterocycles. The van der Waals surface area contributed by atoms with E-state index in [1.54, 1.807) is 24.9 Å². The normalized spacial score (nSPS) is 13.4. The van der Waals surface area contributed by atoms with Crippen LogP contribution in [0.5, 0.6) is 0 Å². The van der Waals surface area contributed by atoms with Crippen LogP contribution in [-0.2, 0) is 17.3 Å². The lowest BCUT2D eigenvalue weighted by atomic mass is 9.86. The summed E-state index contributed by atoms with van der Waals surface area (Å²) in [5.74, 6) is -1.65. The summed E-state index contributed by atoms with van der Waals surface area (Å²) in [5, 5.41) is 13.1. The van der Waals surface area contributed by atoms with E-state index in [4.69, 9.17) is 5.11 Å². The molecule has 5 nitrogen and oxygen atoms in total. The zero-order valence-corrected chi connectivity index (χ0v) is 11.5. The first-order chi connectivity index (χ1) is 8.12. The maximum Gasteiger partial charge on any atom is 0.304 e. The van der Waals surface area contributed by atoms with Crippen LogP contribution >= 0.6 is 0 Å². The molecule has 18 heavy (non-hydrogen) atoms. The van der Waals surface area contributed by atoms with E-state index < -0.39 is 11.9 Å². The summed E-state index contributed by atoms with van der Waals surface area (Å²) in [4.78, 5) is 22.9. The smallest absolute Gasteiger partial charge is 0.304 e. The molecule has 1 aromatic heterocycles. The first-order valence-electron chi connectivity index (χ1n) is 5.93. The molecule has 1 N–H and O–H groups in total. The second-order valence-electron chi connectivity index (χ2n) is 5.68. The van der Waals surface area contributed by atoms with Crippen molar-refractivity contribution in [2.24, 2.45) is 13.0 Å². The minimum atomic E-state index is -0.961. The van der Waals surface area contributed by atoms with Gasteiger partial charge in [0.1, 0.15) is 0 Å². The fourth-order valence-electron chi connectivity index (χ4n) is 1.84. The molecule has 1 rings (SSSR count). The van der Waals surface area contributed by atoms with E-state index >= 15 is 0 Å². The van der Waals surface area contributed by atoms with E-state index in [1.165, 1.54) is 0 Å². The van der Waals surface area contributed by atoms with Crippen molar-refractivity contribution >= 4 is 11.8 Å². The number of carbonyl (C=O) groups excluding carboxylic acids is 1. The maximum absolute atomic E-state index is 12.2. The zero-order valence-electron chi connectivity index (χ0n) is 11.5. The second kappa shape index (κ2) is 4.92. The summed E-state index contributed by atoms with van der Waals surface area (Å²) in [6, 6.07) is 0. The Kier molecular flexibility index (Phi) is 3.94. The number of aryl methyl sites for hydroxylation is 1. The summed E-state index contributed by atoms with van der Waals surface area (Å²) in [6.45, 7) is 7.58. The maximum atomic E-state index is 12.2. The van der Waals surface area contributed by atoms with Crippen molar-refractivity contribution in [3.8, 4) is 0 Å². The molecule has 0 radical (unpaired) electrons. The van der Waals surface area contributed by atoms with Crippen LogP contribution in [0.4, 0.5) is 0 Å². The van der Waals surface area contributed by atoms with Gasteiger partial charge in [-0.05, 0) is 0 Å². The molecular formula is C13H20N2O3. The Hall–Kier alpha value is -1.65. The molecule has 0 saturated heterocycles. The number of Topliss-reactive ketones (excluding diaryl/α,β-unsaturated/α-hetero) is 1. The molecule has 0 aliphatic rings. The summed E-state index contributed by atoms with van der Waals surface area (Å²) in [7, 11) is 1.76. The van der Waals surface area contributed by atoms with Crippen molar-refractivity contribution in [3.63, 3.8) is 0 Å². The Labute approximate surface area is 107 Å². The molecule has 0 aliphatic carbocycles. The van der Waals surface area contributed by atoms with Crippen molar-refractivity contribution in [2.45, 2.75) is 39.5 Å². The number of aliphatic carboxylic acids is 1. The zero-order chi connectivity index (χ0) is 14.1. The molecule has 1 unspecified atom stereocenters. The van der Waals surface area contributed by atoms with Crippen LogP contribution in [0.25, 0.3) is 0 Å². The summed E-state index contributed by atoms with van der Waals surface area (Å²) < 4.78 is 1.60.